The molecule has 2 aromatic rings. The highest BCUT2D eigenvalue weighted by molar-refractivity contribution is 5.96. The standard InChI is InChI=1S/C19H22N2O4/c1-14-8-9-16(25-14)17(22)20-19(18(23)24)10-5-11-21(13-19)12-15-6-3-2-4-7-15/h2-4,6-9H,5,10-13H2,1H3,(H,20,22)(H,23,24). The van der Waals surface area contributed by atoms with Gasteiger partial charge in [0.05, 0.1) is 0 Å². The molecule has 2 heterocycles. The van der Waals surface area contributed by atoms with E-state index in [4.69, 9.17) is 4.42 Å². The third-order valence-corrected chi connectivity index (χ3v) is 4.55. The largest absolute Gasteiger partial charge is 0.479 e. The summed E-state index contributed by atoms with van der Waals surface area (Å²) in [6, 6.07) is 13.2. The van der Waals surface area contributed by atoms with Crippen LogP contribution in [0.5, 0.6) is 0 Å². The maximum Gasteiger partial charge on any atom is 0.330 e. The van der Waals surface area contributed by atoms with Crippen LogP contribution < -0.4 is 5.32 Å². The lowest BCUT2D eigenvalue weighted by molar-refractivity contribution is -0.147. The van der Waals surface area contributed by atoms with Crippen LogP contribution in [0.1, 0.15) is 34.7 Å². The Morgan fingerprint density at radius 3 is 2.64 bits per heavy atom. The molecule has 0 bridgehead atoms. The minimum atomic E-state index is -1.30. The average Bonchev–Trinajstić information content (AvgIpc) is 3.02. The normalized spacial score (nSPS) is 21.0. The number of rotatable bonds is 5. The van der Waals surface area contributed by atoms with Crippen LogP contribution in [0.25, 0.3) is 0 Å². The van der Waals surface area contributed by atoms with Crippen LogP contribution in [0.3, 0.4) is 0 Å². The maximum absolute atomic E-state index is 12.4. The maximum atomic E-state index is 12.4. The number of furan rings is 1. The second-order valence-electron chi connectivity index (χ2n) is 6.55. The van der Waals surface area contributed by atoms with E-state index in [0.29, 0.717) is 25.1 Å². The van der Waals surface area contributed by atoms with Gasteiger partial charge in [-0.25, -0.2) is 4.79 Å². The molecule has 1 amide bonds. The van der Waals surface area contributed by atoms with Gasteiger partial charge in [0.1, 0.15) is 5.76 Å². The van der Waals surface area contributed by atoms with Crippen molar-refractivity contribution in [2.24, 2.45) is 0 Å². The van der Waals surface area contributed by atoms with Crippen LogP contribution in [0.4, 0.5) is 0 Å². The summed E-state index contributed by atoms with van der Waals surface area (Å²) in [4.78, 5) is 26.5. The number of aliphatic carboxylic acids is 1. The van der Waals surface area contributed by atoms with E-state index >= 15 is 0 Å². The van der Waals surface area contributed by atoms with Crippen molar-refractivity contribution in [2.75, 3.05) is 13.1 Å². The molecule has 6 nitrogen and oxygen atoms in total. The van der Waals surface area contributed by atoms with Crippen molar-refractivity contribution in [3.63, 3.8) is 0 Å². The van der Waals surface area contributed by atoms with E-state index in [1.54, 1.807) is 19.1 Å². The summed E-state index contributed by atoms with van der Waals surface area (Å²) < 4.78 is 5.32. The Bertz CT molecular complexity index is 756. The van der Waals surface area contributed by atoms with Crippen molar-refractivity contribution in [3.05, 3.63) is 59.5 Å². The molecule has 3 rings (SSSR count). The van der Waals surface area contributed by atoms with Gasteiger partial charge in [0.15, 0.2) is 11.3 Å². The third-order valence-electron chi connectivity index (χ3n) is 4.55. The summed E-state index contributed by atoms with van der Waals surface area (Å²) in [7, 11) is 0. The molecule has 132 valence electrons. The Labute approximate surface area is 146 Å². The minimum absolute atomic E-state index is 0.137. The summed E-state index contributed by atoms with van der Waals surface area (Å²) in [6.45, 7) is 3.47. The van der Waals surface area contributed by atoms with Gasteiger partial charge in [0.25, 0.3) is 5.91 Å². The number of carbonyl (C=O) groups excluding carboxylic acids is 1. The van der Waals surface area contributed by atoms with Crippen molar-refractivity contribution in [3.8, 4) is 0 Å². The molecular formula is C19H22N2O4. The lowest BCUT2D eigenvalue weighted by Gasteiger charge is -2.40. The predicted molar refractivity (Wildman–Crippen MR) is 92.2 cm³/mol. The lowest BCUT2D eigenvalue weighted by atomic mass is 9.88. The van der Waals surface area contributed by atoms with Crippen molar-refractivity contribution in [1.29, 1.82) is 0 Å². The molecular weight excluding hydrogens is 320 g/mol. The van der Waals surface area contributed by atoms with E-state index in [1.807, 2.05) is 30.3 Å². The van der Waals surface area contributed by atoms with Crippen LogP contribution >= 0.6 is 0 Å². The third kappa shape index (κ3) is 3.91. The van der Waals surface area contributed by atoms with Gasteiger partial charge in [0, 0.05) is 13.1 Å². The first-order valence-corrected chi connectivity index (χ1v) is 8.37. The summed E-state index contributed by atoms with van der Waals surface area (Å²) in [5, 5.41) is 12.5. The number of aryl methyl sites for hydroxylation is 1. The molecule has 0 spiro atoms. The zero-order valence-electron chi connectivity index (χ0n) is 14.2. The number of carboxylic acids is 1. The van der Waals surface area contributed by atoms with E-state index in [0.717, 1.165) is 12.1 Å². The Kier molecular flexibility index (Phi) is 4.90. The highest BCUT2D eigenvalue weighted by Gasteiger charge is 2.44. The fraction of sp³-hybridized carbons (Fsp3) is 0.368. The SMILES string of the molecule is Cc1ccc(C(=O)NC2(C(=O)O)CCCN(Cc3ccccc3)C2)o1. The number of nitrogens with one attached hydrogen (secondary N) is 1. The molecule has 0 radical (unpaired) electrons. The first kappa shape index (κ1) is 17.2. The molecule has 6 heteroatoms. The summed E-state index contributed by atoms with van der Waals surface area (Å²) in [5.74, 6) is -0.749. The average molecular weight is 342 g/mol. The van der Waals surface area contributed by atoms with Crippen molar-refractivity contribution < 1.29 is 19.1 Å². The smallest absolute Gasteiger partial charge is 0.330 e. The number of hydrogen-bond acceptors (Lipinski definition) is 4. The van der Waals surface area contributed by atoms with Gasteiger partial charge in [-0.2, -0.15) is 0 Å². The minimum Gasteiger partial charge on any atom is -0.479 e. The van der Waals surface area contributed by atoms with Gasteiger partial charge < -0.3 is 14.8 Å². The fourth-order valence-electron chi connectivity index (χ4n) is 3.29. The topological polar surface area (TPSA) is 82.8 Å². The number of amides is 1. The highest BCUT2D eigenvalue weighted by atomic mass is 16.4. The zero-order chi connectivity index (χ0) is 17.9. The van der Waals surface area contributed by atoms with E-state index in [1.165, 1.54) is 0 Å². The quantitative estimate of drug-likeness (QED) is 0.872. The summed E-state index contributed by atoms with van der Waals surface area (Å²) in [6.07, 6.45) is 1.11. The Morgan fingerprint density at radius 2 is 2.00 bits per heavy atom. The second-order valence-corrected chi connectivity index (χ2v) is 6.55. The number of likely N-dealkylation sites (tertiary alicyclic amines) is 1. The number of hydrogen-bond donors (Lipinski definition) is 2. The Hall–Kier alpha value is -2.60. The van der Waals surface area contributed by atoms with E-state index in [-0.39, 0.29) is 12.3 Å². The number of benzene rings is 1. The van der Waals surface area contributed by atoms with Crippen LogP contribution in [0.2, 0.25) is 0 Å². The van der Waals surface area contributed by atoms with Gasteiger partial charge in [-0.05, 0) is 44.0 Å². The molecule has 1 saturated heterocycles. The molecule has 25 heavy (non-hydrogen) atoms. The first-order chi connectivity index (χ1) is 12.0. The zero-order valence-corrected chi connectivity index (χ0v) is 14.2. The molecule has 1 unspecified atom stereocenters. The van der Waals surface area contributed by atoms with Crippen LogP contribution in [-0.2, 0) is 11.3 Å². The summed E-state index contributed by atoms with van der Waals surface area (Å²) in [5.41, 5.74) is -0.179. The number of nitrogens with zero attached hydrogens (tertiary/aromatic N) is 1. The molecule has 0 saturated carbocycles. The number of carboxylic acid groups (broad SMARTS) is 1. The Morgan fingerprint density at radius 1 is 1.24 bits per heavy atom. The van der Waals surface area contributed by atoms with Crippen molar-refractivity contribution in [1.82, 2.24) is 10.2 Å². The molecule has 1 fully saturated rings. The second kappa shape index (κ2) is 7.11. The van der Waals surface area contributed by atoms with E-state index < -0.39 is 17.4 Å². The van der Waals surface area contributed by atoms with Gasteiger partial charge in [-0.15, -0.1) is 0 Å². The van der Waals surface area contributed by atoms with Gasteiger partial charge in [0.2, 0.25) is 0 Å². The monoisotopic (exact) mass is 342 g/mol. The predicted octanol–water partition coefficient (Wildman–Crippen LogP) is 2.44. The van der Waals surface area contributed by atoms with E-state index in [9.17, 15) is 14.7 Å². The lowest BCUT2D eigenvalue weighted by Crippen LogP contribution is -2.63. The van der Waals surface area contributed by atoms with Crippen molar-refractivity contribution >= 4 is 11.9 Å². The highest BCUT2D eigenvalue weighted by Crippen LogP contribution is 2.24. The van der Waals surface area contributed by atoms with Gasteiger partial charge in [-0.3, -0.25) is 9.69 Å². The molecule has 1 aliphatic rings. The number of piperidine rings is 1. The fourth-order valence-corrected chi connectivity index (χ4v) is 3.29. The molecule has 1 aromatic carbocycles. The first-order valence-electron chi connectivity index (χ1n) is 8.37. The van der Waals surface area contributed by atoms with Crippen LogP contribution in [0, 0.1) is 6.92 Å². The van der Waals surface area contributed by atoms with Gasteiger partial charge in [-0.1, -0.05) is 30.3 Å². The molecule has 1 aromatic heterocycles. The molecule has 0 aliphatic carbocycles. The molecule has 1 aliphatic heterocycles. The van der Waals surface area contributed by atoms with E-state index in [2.05, 4.69) is 10.2 Å². The van der Waals surface area contributed by atoms with Crippen LogP contribution in [0.15, 0.2) is 46.9 Å². The van der Waals surface area contributed by atoms with Gasteiger partial charge >= 0.3 is 5.97 Å². The molecule has 1 atom stereocenters. The Balaban J connectivity index is 1.74. The molecule has 2 N–H and O–H groups in total. The summed E-state index contributed by atoms with van der Waals surface area (Å²) >= 11 is 0. The number of carbonyl (C=O) groups is 2. The van der Waals surface area contributed by atoms with Crippen molar-refractivity contribution in [2.45, 2.75) is 31.8 Å². The van der Waals surface area contributed by atoms with Crippen LogP contribution in [-0.4, -0.2) is 40.5 Å².